The number of aliphatic carboxylic acids is 1. The summed E-state index contributed by atoms with van der Waals surface area (Å²) >= 11 is 0. The van der Waals surface area contributed by atoms with Crippen molar-refractivity contribution in [1.29, 1.82) is 0 Å². The molecular weight excluding hydrogens is 326 g/mol. The van der Waals surface area contributed by atoms with Gasteiger partial charge in [0.05, 0.1) is 18.9 Å². The van der Waals surface area contributed by atoms with Crippen LogP contribution < -0.4 is 10.3 Å². The number of carbonyl (C=O) groups is 3. The number of anilines is 1. The Morgan fingerprint density at radius 1 is 1.36 bits per heavy atom. The molecule has 1 heterocycles. The number of carboxylic acids is 1. The fourth-order valence-corrected chi connectivity index (χ4v) is 2.17. The summed E-state index contributed by atoms with van der Waals surface area (Å²) in [6.07, 6.45) is 1.75. The Balaban J connectivity index is 2.10. The summed E-state index contributed by atoms with van der Waals surface area (Å²) in [5, 5.41) is 16.8. The number of carboxylic acid groups (broad SMARTS) is 1. The highest BCUT2D eigenvalue weighted by Crippen LogP contribution is 2.19. The molecule has 0 saturated carbocycles. The molecule has 1 aliphatic heterocycles. The largest absolute Gasteiger partial charge is 0.480 e. The molecule has 0 bridgehead atoms. The molecule has 1 atom stereocenters. The van der Waals surface area contributed by atoms with E-state index in [1.807, 2.05) is 0 Å². The Labute approximate surface area is 144 Å². The zero-order valence-corrected chi connectivity index (χ0v) is 13.6. The van der Waals surface area contributed by atoms with Crippen molar-refractivity contribution >= 4 is 29.2 Å². The Kier molecular flexibility index (Phi) is 6.41. The quantitative estimate of drug-likeness (QED) is 0.538. The topological polar surface area (TPSA) is 108 Å². The second kappa shape index (κ2) is 8.74. The van der Waals surface area contributed by atoms with Crippen LogP contribution in [-0.2, 0) is 19.1 Å². The lowest BCUT2D eigenvalue weighted by Gasteiger charge is -2.23. The molecule has 8 nitrogen and oxygen atoms in total. The van der Waals surface area contributed by atoms with Gasteiger partial charge in [0.15, 0.2) is 6.04 Å². The summed E-state index contributed by atoms with van der Waals surface area (Å²) in [6.45, 7) is 3.45. The number of rotatable bonds is 8. The summed E-state index contributed by atoms with van der Waals surface area (Å²) in [6, 6.07) is 7.50. The van der Waals surface area contributed by atoms with Crippen molar-refractivity contribution in [1.82, 2.24) is 5.32 Å². The smallest absolute Gasteiger partial charge is 0.328 e. The lowest BCUT2D eigenvalue weighted by molar-refractivity contribution is -0.142. The minimum absolute atomic E-state index is 0.0958. The molecule has 0 spiro atoms. The van der Waals surface area contributed by atoms with Crippen molar-refractivity contribution in [3.8, 4) is 0 Å². The molecule has 0 aliphatic carbocycles. The Morgan fingerprint density at radius 2 is 2.08 bits per heavy atom. The van der Waals surface area contributed by atoms with Gasteiger partial charge in [0.2, 0.25) is 5.91 Å². The number of hydrogen-bond acceptors (Lipinski definition) is 5. The first-order valence-electron chi connectivity index (χ1n) is 7.70. The Bertz CT molecular complexity index is 687. The normalized spacial score (nSPS) is 15.3. The van der Waals surface area contributed by atoms with E-state index in [9.17, 15) is 14.4 Å². The van der Waals surface area contributed by atoms with E-state index in [4.69, 9.17) is 9.84 Å². The highest BCUT2D eigenvalue weighted by molar-refractivity contribution is 6.40. The third kappa shape index (κ3) is 4.98. The van der Waals surface area contributed by atoms with Crippen LogP contribution in [0.1, 0.15) is 12.8 Å². The van der Waals surface area contributed by atoms with Gasteiger partial charge in [0.25, 0.3) is 5.91 Å². The standard InChI is InChI=1S/C17H19N3O5/c1-2-10-25-11-14(17(23)24)18-16(22)13-8-9-15(21)20(19-13)12-6-4-3-5-7-12/h2-7,14H,1,8-11H2,(H,18,22)(H,23,24). The summed E-state index contributed by atoms with van der Waals surface area (Å²) in [7, 11) is 0. The van der Waals surface area contributed by atoms with Gasteiger partial charge in [-0.25, -0.2) is 9.80 Å². The van der Waals surface area contributed by atoms with Gasteiger partial charge < -0.3 is 15.2 Å². The third-order valence-electron chi connectivity index (χ3n) is 3.42. The minimum Gasteiger partial charge on any atom is -0.480 e. The lowest BCUT2D eigenvalue weighted by Crippen LogP contribution is -2.48. The van der Waals surface area contributed by atoms with Crippen molar-refractivity contribution in [3.05, 3.63) is 43.0 Å². The van der Waals surface area contributed by atoms with E-state index in [-0.39, 0.29) is 37.7 Å². The van der Waals surface area contributed by atoms with Gasteiger partial charge in [0, 0.05) is 12.8 Å². The maximum Gasteiger partial charge on any atom is 0.328 e. The summed E-state index contributed by atoms with van der Waals surface area (Å²) in [5.41, 5.74) is 0.639. The lowest BCUT2D eigenvalue weighted by atomic mass is 10.1. The molecule has 2 N–H and O–H groups in total. The zero-order chi connectivity index (χ0) is 18.2. The van der Waals surface area contributed by atoms with Gasteiger partial charge in [0.1, 0.15) is 5.71 Å². The van der Waals surface area contributed by atoms with Crippen LogP contribution in [0.25, 0.3) is 0 Å². The fourth-order valence-electron chi connectivity index (χ4n) is 2.17. The van der Waals surface area contributed by atoms with E-state index in [0.717, 1.165) is 5.01 Å². The molecule has 0 radical (unpaired) electrons. The van der Waals surface area contributed by atoms with Crippen LogP contribution in [0.4, 0.5) is 5.69 Å². The van der Waals surface area contributed by atoms with Crippen LogP contribution in [-0.4, -0.2) is 47.9 Å². The van der Waals surface area contributed by atoms with Crippen LogP contribution in [0.5, 0.6) is 0 Å². The summed E-state index contributed by atoms with van der Waals surface area (Å²) in [5.74, 6) is -2.08. The van der Waals surface area contributed by atoms with E-state index in [2.05, 4.69) is 17.0 Å². The first-order chi connectivity index (χ1) is 12.0. The van der Waals surface area contributed by atoms with E-state index < -0.39 is 17.9 Å². The van der Waals surface area contributed by atoms with E-state index >= 15 is 0 Å². The van der Waals surface area contributed by atoms with E-state index in [1.165, 1.54) is 6.08 Å². The van der Waals surface area contributed by atoms with Crippen LogP contribution in [0.2, 0.25) is 0 Å². The average Bonchev–Trinajstić information content (AvgIpc) is 2.62. The molecule has 25 heavy (non-hydrogen) atoms. The number of nitrogens with zero attached hydrogens (tertiary/aromatic N) is 2. The van der Waals surface area contributed by atoms with Crippen LogP contribution in [0.15, 0.2) is 48.1 Å². The van der Waals surface area contributed by atoms with Crippen molar-refractivity contribution in [2.75, 3.05) is 18.2 Å². The number of hydrazone groups is 1. The first-order valence-corrected chi connectivity index (χ1v) is 7.70. The number of ether oxygens (including phenoxy) is 1. The van der Waals surface area contributed by atoms with Crippen molar-refractivity contribution in [2.24, 2.45) is 5.10 Å². The Hall–Kier alpha value is -3.00. The maximum atomic E-state index is 12.3. The fraction of sp³-hybridized carbons (Fsp3) is 0.294. The van der Waals surface area contributed by atoms with Gasteiger partial charge in [-0.3, -0.25) is 9.59 Å². The molecule has 2 amide bonds. The molecule has 0 fully saturated rings. The monoisotopic (exact) mass is 345 g/mol. The molecule has 1 unspecified atom stereocenters. The Morgan fingerprint density at radius 3 is 2.72 bits per heavy atom. The van der Waals surface area contributed by atoms with Gasteiger partial charge in [-0.1, -0.05) is 24.3 Å². The van der Waals surface area contributed by atoms with Crippen molar-refractivity contribution < 1.29 is 24.2 Å². The maximum absolute atomic E-state index is 12.3. The number of nitrogens with one attached hydrogen (secondary N) is 1. The number of para-hydroxylation sites is 1. The van der Waals surface area contributed by atoms with Gasteiger partial charge in [-0.2, -0.15) is 5.10 Å². The molecular formula is C17H19N3O5. The highest BCUT2D eigenvalue weighted by Gasteiger charge is 2.28. The van der Waals surface area contributed by atoms with Crippen molar-refractivity contribution in [2.45, 2.75) is 18.9 Å². The number of benzene rings is 1. The van der Waals surface area contributed by atoms with Crippen LogP contribution in [0.3, 0.4) is 0 Å². The second-order valence-corrected chi connectivity index (χ2v) is 5.28. The van der Waals surface area contributed by atoms with Gasteiger partial charge in [-0.15, -0.1) is 6.58 Å². The zero-order valence-electron chi connectivity index (χ0n) is 13.6. The highest BCUT2D eigenvalue weighted by atomic mass is 16.5. The number of amides is 2. The molecule has 132 valence electrons. The van der Waals surface area contributed by atoms with Crippen molar-refractivity contribution in [3.63, 3.8) is 0 Å². The van der Waals surface area contributed by atoms with E-state index in [0.29, 0.717) is 5.69 Å². The molecule has 8 heteroatoms. The van der Waals surface area contributed by atoms with Crippen LogP contribution >= 0.6 is 0 Å². The number of hydrogen-bond donors (Lipinski definition) is 2. The van der Waals surface area contributed by atoms with Crippen LogP contribution in [0, 0.1) is 0 Å². The second-order valence-electron chi connectivity index (χ2n) is 5.28. The molecule has 1 aliphatic rings. The number of carbonyl (C=O) groups excluding carboxylic acids is 2. The average molecular weight is 345 g/mol. The molecule has 1 aromatic rings. The molecule has 1 aromatic carbocycles. The predicted molar refractivity (Wildman–Crippen MR) is 91.2 cm³/mol. The minimum atomic E-state index is -1.22. The van der Waals surface area contributed by atoms with Gasteiger partial charge >= 0.3 is 5.97 Å². The van der Waals surface area contributed by atoms with Gasteiger partial charge in [-0.05, 0) is 12.1 Å². The first kappa shape index (κ1) is 18.3. The molecule has 0 aromatic heterocycles. The molecule has 0 saturated heterocycles. The summed E-state index contributed by atoms with van der Waals surface area (Å²) < 4.78 is 5.08. The van der Waals surface area contributed by atoms with E-state index in [1.54, 1.807) is 30.3 Å². The SMILES string of the molecule is C=CCOCC(NC(=O)C1=NN(c2ccccc2)C(=O)CC1)C(=O)O. The summed E-state index contributed by atoms with van der Waals surface area (Å²) in [4.78, 5) is 35.6. The third-order valence-corrected chi connectivity index (χ3v) is 3.42. The predicted octanol–water partition coefficient (Wildman–Crippen LogP) is 0.941. The molecule has 2 rings (SSSR count).